The number of likely N-dealkylation sites (tertiary alicyclic amines) is 1. The van der Waals surface area contributed by atoms with E-state index in [4.69, 9.17) is 5.11 Å². The zero-order valence-corrected chi connectivity index (χ0v) is 16.0. The Kier molecular flexibility index (Phi) is 5.10. The summed E-state index contributed by atoms with van der Waals surface area (Å²) in [5.41, 5.74) is 0.739. The molecule has 3 fully saturated rings. The number of piperidine rings is 1. The van der Waals surface area contributed by atoms with E-state index in [0.29, 0.717) is 26.2 Å². The van der Waals surface area contributed by atoms with E-state index in [9.17, 15) is 14.4 Å². The van der Waals surface area contributed by atoms with E-state index in [2.05, 4.69) is 5.32 Å². The number of hydrogen-bond acceptors (Lipinski definition) is 4. The molecule has 0 radical (unpaired) electrons. The molecule has 1 aromatic carbocycles. The molecule has 2 N–H and O–H groups in total. The van der Waals surface area contributed by atoms with Crippen LogP contribution in [0.25, 0.3) is 0 Å². The maximum absolute atomic E-state index is 12.7. The summed E-state index contributed by atoms with van der Waals surface area (Å²) in [7, 11) is 0. The predicted molar refractivity (Wildman–Crippen MR) is 102 cm³/mol. The van der Waals surface area contributed by atoms with E-state index in [-0.39, 0.29) is 23.3 Å². The van der Waals surface area contributed by atoms with Crippen LogP contribution in [0.5, 0.6) is 0 Å². The molecule has 4 rings (SSSR count). The number of carboxylic acids is 1. The maximum atomic E-state index is 12.7. The molecule has 1 aromatic rings. The topological polar surface area (TPSA) is 89.9 Å². The molecule has 2 amide bonds. The number of carbonyl (C=O) groups is 3. The van der Waals surface area contributed by atoms with Crippen molar-refractivity contribution in [2.24, 2.45) is 5.92 Å². The Labute approximate surface area is 164 Å². The smallest absolute Gasteiger partial charge is 0.335 e. The van der Waals surface area contributed by atoms with Crippen molar-refractivity contribution in [3.63, 3.8) is 0 Å². The maximum Gasteiger partial charge on any atom is 0.335 e. The molecule has 28 heavy (non-hydrogen) atoms. The van der Waals surface area contributed by atoms with Crippen molar-refractivity contribution >= 4 is 17.8 Å². The number of carboxylic acid groups (broad SMARTS) is 1. The van der Waals surface area contributed by atoms with Crippen LogP contribution in [0.2, 0.25) is 0 Å². The van der Waals surface area contributed by atoms with E-state index >= 15 is 0 Å². The molecular formula is C21H27N3O4. The third-order valence-electron chi connectivity index (χ3n) is 6.53. The SMILES string of the molecule is O=C(O)c1ccc(CN2C(=O)CNC23CCN(C(=O)C2CCCC2)CC3)cc1. The van der Waals surface area contributed by atoms with Crippen molar-refractivity contribution < 1.29 is 19.5 Å². The van der Waals surface area contributed by atoms with E-state index in [1.54, 1.807) is 24.3 Å². The van der Waals surface area contributed by atoms with Gasteiger partial charge in [0, 0.05) is 38.4 Å². The van der Waals surface area contributed by atoms with Crippen LogP contribution in [0.15, 0.2) is 24.3 Å². The van der Waals surface area contributed by atoms with E-state index < -0.39 is 11.6 Å². The molecular weight excluding hydrogens is 358 g/mol. The summed E-state index contributed by atoms with van der Waals surface area (Å²) >= 11 is 0. The standard InChI is InChI=1S/C21H27N3O4/c25-18-13-22-21(24(18)14-15-5-7-17(8-6-15)20(27)28)9-11-23(12-10-21)19(26)16-3-1-2-4-16/h5-8,16,22H,1-4,9-14H2,(H,27,28). The molecule has 2 heterocycles. The molecule has 7 heteroatoms. The average molecular weight is 385 g/mol. The second-order valence-electron chi connectivity index (χ2n) is 8.17. The van der Waals surface area contributed by atoms with Crippen molar-refractivity contribution in [3.05, 3.63) is 35.4 Å². The lowest BCUT2D eigenvalue weighted by atomic mass is 9.94. The Hall–Kier alpha value is -2.41. The average Bonchev–Trinajstić information content (AvgIpc) is 3.34. The lowest BCUT2D eigenvalue weighted by Gasteiger charge is -2.45. The van der Waals surface area contributed by atoms with Gasteiger partial charge in [0.25, 0.3) is 0 Å². The van der Waals surface area contributed by atoms with Crippen LogP contribution in [-0.2, 0) is 16.1 Å². The number of rotatable bonds is 4. The molecule has 0 bridgehead atoms. The first-order valence-electron chi connectivity index (χ1n) is 10.1. The Morgan fingerprint density at radius 3 is 2.36 bits per heavy atom. The molecule has 0 unspecified atom stereocenters. The van der Waals surface area contributed by atoms with Gasteiger partial charge in [-0.2, -0.15) is 0 Å². The summed E-state index contributed by atoms with van der Waals surface area (Å²) in [5.74, 6) is -0.428. The van der Waals surface area contributed by atoms with Crippen LogP contribution in [0.1, 0.15) is 54.4 Å². The fourth-order valence-electron chi connectivity index (χ4n) is 4.82. The van der Waals surface area contributed by atoms with Gasteiger partial charge in [-0.1, -0.05) is 25.0 Å². The van der Waals surface area contributed by atoms with Gasteiger partial charge in [-0.15, -0.1) is 0 Å². The number of aromatic carboxylic acids is 1. The van der Waals surface area contributed by atoms with E-state index in [1.807, 2.05) is 9.80 Å². The number of hydrogen-bond donors (Lipinski definition) is 2. The molecule has 3 aliphatic rings. The number of amides is 2. The van der Waals surface area contributed by atoms with Gasteiger partial charge in [0.05, 0.1) is 17.8 Å². The number of nitrogens with one attached hydrogen (secondary N) is 1. The van der Waals surface area contributed by atoms with Crippen LogP contribution >= 0.6 is 0 Å². The Bertz CT molecular complexity index is 762. The first-order valence-corrected chi connectivity index (χ1v) is 10.1. The Morgan fingerprint density at radius 2 is 1.75 bits per heavy atom. The van der Waals surface area contributed by atoms with Gasteiger partial charge in [0.15, 0.2) is 0 Å². The summed E-state index contributed by atoms with van der Waals surface area (Å²) in [6.45, 7) is 2.10. The second-order valence-corrected chi connectivity index (χ2v) is 8.17. The van der Waals surface area contributed by atoms with Gasteiger partial charge in [-0.05, 0) is 30.5 Å². The van der Waals surface area contributed by atoms with Crippen molar-refractivity contribution in [1.82, 2.24) is 15.1 Å². The van der Waals surface area contributed by atoms with Gasteiger partial charge in [0.1, 0.15) is 0 Å². The molecule has 2 saturated heterocycles. The highest BCUT2D eigenvalue weighted by Gasteiger charge is 2.47. The fourth-order valence-corrected chi connectivity index (χ4v) is 4.82. The Balaban J connectivity index is 1.42. The molecule has 0 atom stereocenters. The lowest BCUT2D eigenvalue weighted by molar-refractivity contribution is -0.140. The van der Waals surface area contributed by atoms with Crippen molar-refractivity contribution in [2.45, 2.75) is 50.7 Å². The van der Waals surface area contributed by atoms with Crippen LogP contribution in [0, 0.1) is 5.92 Å². The number of benzene rings is 1. The van der Waals surface area contributed by atoms with Crippen LogP contribution in [0.3, 0.4) is 0 Å². The summed E-state index contributed by atoms with van der Waals surface area (Å²) < 4.78 is 0. The lowest BCUT2D eigenvalue weighted by Crippen LogP contribution is -2.59. The minimum absolute atomic E-state index is 0.0536. The summed E-state index contributed by atoms with van der Waals surface area (Å²) in [6.07, 6.45) is 5.78. The van der Waals surface area contributed by atoms with Crippen molar-refractivity contribution in [3.8, 4) is 0 Å². The molecule has 7 nitrogen and oxygen atoms in total. The van der Waals surface area contributed by atoms with Gasteiger partial charge in [-0.3, -0.25) is 14.9 Å². The van der Waals surface area contributed by atoms with Gasteiger partial charge >= 0.3 is 5.97 Å². The number of carbonyl (C=O) groups excluding carboxylic acids is 2. The van der Waals surface area contributed by atoms with Gasteiger partial charge in [0.2, 0.25) is 11.8 Å². The highest BCUT2D eigenvalue weighted by molar-refractivity contribution is 5.87. The quantitative estimate of drug-likeness (QED) is 0.825. The second kappa shape index (κ2) is 7.54. The van der Waals surface area contributed by atoms with E-state index in [1.165, 1.54) is 0 Å². The van der Waals surface area contributed by atoms with Gasteiger partial charge < -0.3 is 14.9 Å². The molecule has 150 valence electrons. The minimum Gasteiger partial charge on any atom is -0.478 e. The zero-order valence-electron chi connectivity index (χ0n) is 16.0. The fraction of sp³-hybridized carbons (Fsp3) is 0.571. The highest BCUT2D eigenvalue weighted by atomic mass is 16.4. The van der Waals surface area contributed by atoms with Crippen molar-refractivity contribution in [1.29, 1.82) is 0 Å². The van der Waals surface area contributed by atoms with Gasteiger partial charge in [-0.25, -0.2) is 4.79 Å². The Morgan fingerprint density at radius 1 is 1.11 bits per heavy atom. The van der Waals surface area contributed by atoms with Crippen LogP contribution in [0.4, 0.5) is 0 Å². The first-order chi connectivity index (χ1) is 13.5. The zero-order chi connectivity index (χ0) is 19.7. The normalized spacial score (nSPS) is 22.2. The molecule has 1 saturated carbocycles. The third-order valence-corrected chi connectivity index (χ3v) is 6.53. The minimum atomic E-state index is -0.957. The largest absolute Gasteiger partial charge is 0.478 e. The first kappa shape index (κ1) is 18.9. The molecule has 1 aliphatic carbocycles. The highest BCUT2D eigenvalue weighted by Crippen LogP contribution is 2.34. The van der Waals surface area contributed by atoms with E-state index in [0.717, 1.165) is 44.1 Å². The summed E-state index contributed by atoms with van der Waals surface area (Å²) in [4.78, 5) is 40.1. The third kappa shape index (κ3) is 3.51. The summed E-state index contributed by atoms with van der Waals surface area (Å²) in [5, 5.41) is 12.4. The molecule has 0 aromatic heterocycles. The van der Waals surface area contributed by atoms with Crippen molar-refractivity contribution in [2.75, 3.05) is 19.6 Å². The van der Waals surface area contributed by atoms with Crippen LogP contribution < -0.4 is 5.32 Å². The summed E-state index contributed by atoms with van der Waals surface area (Å²) in [6, 6.07) is 6.67. The van der Waals surface area contributed by atoms with Crippen LogP contribution in [-0.4, -0.2) is 58.0 Å². The monoisotopic (exact) mass is 385 g/mol. The predicted octanol–water partition coefficient (Wildman–Crippen LogP) is 1.83. The molecule has 2 aliphatic heterocycles. The number of nitrogens with zero attached hydrogens (tertiary/aromatic N) is 2. The molecule has 1 spiro atoms.